The number of esters is 1. The van der Waals surface area contributed by atoms with Crippen LogP contribution >= 0.6 is 0 Å². The van der Waals surface area contributed by atoms with Crippen LogP contribution in [0.4, 0.5) is 0 Å². The minimum absolute atomic E-state index is 0.132. The van der Waals surface area contributed by atoms with Crippen molar-refractivity contribution in [3.8, 4) is 5.75 Å². The number of fused-ring (bicyclic) bond motifs is 2. The second kappa shape index (κ2) is 6.68. The molecule has 1 atom stereocenters. The Morgan fingerprint density at radius 3 is 2.58 bits per heavy atom. The van der Waals surface area contributed by atoms with E-state index in [0.717, 1.165) is 0 Å². The molecule has 0 bridgehead atoms. The van der Waals surface area contributed by atoms with E-state index < -0.39 is 21.6 Å². The first kappa shape index (κ1) is 19.3. The molecule has 31 heavy (non-hydrogen) atoms. The molecule has 5 rings (SSSR count). The average Bonchev–Trinajstić information content (AvgIpc) is 3.31. The van der Waals surface area contributed by atoms with Crippen molar-refractivity contribution in [3.63, 3.8) is 0 Å². The van der Waals surface area contributed by atoms with Crippen LogP contribution in [0.3, 0.4) is 0 Å². The van der Waals surface area contributed by atoms with E-state index in [9.17, 15) is 13.2 Å². The third-order valence-electron chi connectivity index (χ3n) is 5.59. The van der Waals surface area contributed by atoms with E-state index >= 15 is 0 Å². The lowest BCUT2D eigenvalue weighted by molar-refractivity contribution is 0.0163. The predicted octanol–water partition coefficient (Wildman–Crippen LogP) is 3.72. The Morgan fingerprint density at radius 2 is 1.84 bits per heavy atom. The summed E-state index contributed by atoms with van der Waals surface area (Å²) in [4.78, 5) is 16.7. The maximum atomic E-state index is 13.8. The number of cyclic esters (lactones) is 1. The van der Waals surface area contributed by atoms with Crippen LogP contribution in [0, 0.1) is 0 Å². The van der Waals surface area contributed by atoms with Gasteiger partial charge in [0.25, 0.3) is 10.0 Å². The molecule has 7 nitrogen and oxygen atoms in total. The summed E-state index contributed by atoms with van der Waals surface area (Å²) in [6.07, 6.45) is 2.99. The summed E-state index contributed by atoms with van der Waals surface area (Å²) in [6, 6.07) is 16.7. The molecule has 156 valence electrons. The first-order chi connectivity index (χ1) is 14.9. The molecule has 0 fully saturated rings. The molecule has 0 radical (unpaired) electrons. The lowest BCUT2D eigenvalue weighted by Gasteiger charge is -2.26. The molecule has 3 heterocycles. The Hall–Kier alpha value is -3.65. The molecule has 2 aromatic heterocycles. The van der Waals surface area contributed by atoms with Crippen molar-refractivity contribution in [3.05, 3.63) is 89.9 Å². The van der Waals surface area contributed by atoms with Crippen LogP contribution in [-0.4, -0.2) is 30.5 Å². The maximum Gasteiger partial charge on any atom is 0.341 e. The average molecular weight is 434 g/mol. The van der Waals surface area contributed by atoms with Gasteiger partial charge < -0.3 is 9.47 Å². The third kappa shape index (κ3) is 2.75. The lowest BCUT2D eigenvalue weighted by Crippen LogP contribution is -2.29. The van der Waals surface area contributed by atoms with Gasteiger partial charge in [0.1, 0.15) is 5.75 Å². The second-order valence-corrected chi connectivity index (χ2v) is 9.17. The number of methoxy groups -OCH3 is 1. The number of aromatic nitrogens is 2. The zero-order valence-corrected chi connectivity index (χ0v) is 17.6. The molecule has 0 N–H and O–H groups in total. The standard InChI is InChI=1S/C23H18N2O5S/c1-23(19-10-11-24-14-18(19)22(26)30-23)21-13-15-12-16(29-2)8-9-20(15)25(21)31(27,28)17-6-4-3-5-7-17/h3-14H,1-2H3. The molecule has 1 aliphatic heterocycles. The van der Waals surface area contributed by atoms with Crippen molar-refractivity contribution in [2.45, 2.75) is 17.4 Å². The fourth-order valence-electron chi connectivity index (χ4n) is 4.04. The molecule has 0 spiro atoms. The lowest BCUT2D eigenvalue weighted by atomic mass is 9.92. The minimum atomic E-state index is -4.00. The number of carbonyl (C=O) groups excluding carboxylic acids is 1. The molecule has 1 unspecified atom stereocenters. The van der Waals surface area contributed by atoms with Gasteiger partial charge in [-0.05, 0) is 49.4 Å². The number of nitrogens with zero attached hydrogens (tertiary/aromatic N) is 2. The largest absolute Gasteiger partial charge is 0.497 e. The highest BCUT2D eigenvalue weighted by atomic mass is 32.2. The molecule has 0 aliphatic carbocycles. The van der Waals surface area contributed by atoms with Gasteiger partial charge >= 0.3 is 5.97 Å². The normalized spacial score (nSPS) is 18.1. The van der Waals surface area contributed by atoms with Gasteiger partial charge in [-0.3, -0.25) is 4.98 Å². The van der Waals surface area contributed by atoms with Crippen molar-refractivity contribution in [1.29, 1.82) is 0 Å². The second-order valence-electron chi connectivity index (χ2n) is 7.38. The number of benzene rings is 2. The summed E-state index contributed by atoms with van der Waals surface area (Å²) in [6.45, 7) is 1.69. The summed E-state index contributed by atoms with van der Waals surface area (Å²) in [5, 5.41) is 0.647. The number of hydrogen-bond acceptors (Lipinski definition) is 6. The van der Waals surface area contributed by atoms with Gasteiger partial charge in [0, 0.05) is 23.3 Å². The smallest absolute Gasteiger partial charge is 0.341 e. The Bertz CT molecular complexity index is 1440. The Labute approximate surface area is 178 Å². The van der Waals surface area contributed by atoms with Gasteiger partial charge in [-0.15, -0.1) is 0 Å². The Morgan fingerprint density at radius 1 is 1.06 bits per heavy atom. The molecule has 0 saturated carbocycles. The molecule has 4 aromatic rings. The molecular weight excluding hydrogens is 416 g/mol. The monoisotopic (exact) mass is 434 g/mol. The van der Waals surface area contributed by atoms with Crippen LogP contribution in [0.2, 0.25) is 0 Å². The quantitative estimate of drug-likeness (QED) is 0.455. The zero-order valence-electron chi connectivity index (χ0n) is 16.8. The van der Waals surface area contributed by atoms with E-state index in [2.05, 4.69) is 4.98 Å². The summed E-state index contributed by atoms with van der Waals surface area (Å²) in [5.41, 5.74) is 0.337. The number of ether oxygens (including phenoxy) is 2. The highest BCUT2D eigenvalue weighted by Gasteiger charge is 2.47. The summed E-state index contributed by atoms with van der Waals surface area (Å²) in [5.74, 6) is 0.0450. The van der Waals surface area contributed by atoms with Crippen molar-refractivity contribution in [2.24, 2.45) is 0 Å². The fraction of sp³-hybridized carbons (Fsp3) is 0.130. The maximum absolute atomic E-state index is 13.8. The number of carbonyl (C=O) groups is 1. The van der Waals surface area contributed by atoms with E-state index in [1.54, 1.807) is 68.8 Å². The summed E-state index contributed by atoms with van der Waals surface area (Å²) < 4.78 is 39.8. The van der Waals surface area contributed by atoms with E-state index in [0.29, 0.717) is 33.5 Å². The van der Waals surface area contributed by atoms with Crippen LogP contribution in [0.15, 0.2) is 78.0 Å². The van der Waals surface area contributed by atoms with E-state index in [1.165, 1.54) is 22.3 Å². The SMILES string of the molecule is COc1ccc2c(c1)cc(C1(C)OC(=O)c3cnccc31)n2S(=O)(=O)c1ccccc1. The van der Waals surface area contributed by atoms with Gasteiger partial charge in [-0.1, -0.05) is 18.2 Å². The van der Waals surface area contributed by atoms with Crippen LogP contribution in [0.1, 0.15) is 28.5 Å². The van der Waals surface area contributed by atoms with Gasteiger partial charge in [0.15, 0.2) is 5.60 Å². The van der Waals surface area contributed by atoms with Crippen molar-refractivity contribution >= 4 is 26.9 Å². The van der Waals surface area contributed by atoms with Crippen molar-refractivity contribution < 1.29 is 22.7 Å². The van der Waals surface area contributed by atoms with E-state index in [1.807, 2.05) is 0 Å². The van der Waals surface area contributed by atoms with Crippen LogP contribution in [0.5, 0.6) is 5.75 Å². The molecule has 2 aromatic carbocycles. The predicted molar refractivity (Wildman–Crippen MR) is 114 cm³/mol. The summed E-state index contributed by atoms with van der Waals surface area (Å²) >= 11 is 0. The first-order valence-electron chi connectivity index (χ1n) is 9.55. The van der Waals surface area contributed by atoms with Crippen molar-refractivity contribution in [2.75, 3.05) is 7.11 Å². The summed E-state index contributed by atoms with van der Waals surface area (Å²) in [7, 11) is -2.45. The topological polar surface area (TPSA) is 87.5 Å². The van der Waals surface area contributed by atoms with Gasteiger partial charge in [0.2, 0.25) is 0 Å². The van der Waals surface area contributed by atoms with Gasteiger partial charge in [-0.25, -0.2) is 17.2 Å². The van der Waals surface area contributed by atoms with Crippen molar-refractivity contribution in [1.82, 2.24) is 8.96 Å². The fourth-order valence-corrected chi connectivity index (χ4v) is 5.67. The van der Waals surface area contributed by atoms with E-state index in [4.69, 9.17) is 9.47 Å². The highest BCUT2D eigenvalue weighted by molar-refractivity contribution is 7.90. The highest BCUT2D eigenvalue weighted by Crippen LogP contribution is 2.44. The zero-order chi connectivity index (χ0) is 21.8. The molecule has 8 heteroatoms. The number of pyridine rings is 1. The molecular formula is C23H18N2O5S. The van der Waals surface area contributed by atoms with Crippen LogP contribution in [-0.2, 0) is 20.4 Å². The molecule has 0 saturated heterocycles. The number of hydrogen-bond donors (Lipinski definition) is 0. The van der Waals surface area contributed by atoms with E-state index in [-0.39, 0.29) is 4.90 Å². The Kier molecular flexibility index (Phi) is 4.16. The molecule has 0 amide bonds. The third-order valence-corrected chi connectivity index (χ3v) is 7.33. The van der Waals surface area contributed by atoms with Crippen LogP contribution in [0.25, 0.3) is 10.9 Å². The first-order valence-corrected chi connectivity index (χ1v) is 11.0. The Balaban J connectivity index is 1.86. The van der Waals surface area contributed by atoms with Gasteiger partial charge in [-0.2, -0.15) is 0 Å². The van der Waals surface area contributed by atoms with Gasteiger partial charge in [0.05, 0.1) is 28.8 Å². The van der Waals surface area contributed by atoms with Crippen LogP contribution < -0.4 is 4.74 Å². The minimum Gasteiger partial charge on any atom is -0.497 e. The molecule has 1 aliphatic rings. The number of rotatable bonds is 4.